The Balaban J connectivity index is 2.04. The summed E-state index contributed by atoms with van der Waals surface area (Å²) in [5.41, 5.74) is 0.983. The highest BCUT2D eigenvalue weighted by Gasteiger charge is 2.25. The lowest BCUT2D eigenvalue weighted by Gasteiger charge is -2.17. The molecule has 3 aromatic rings. The van der Waals surface area contributed by atoms with E-state index in [1.807, 2.05) is 20.8 Å². The van der Waals surface area contributed by atoms with Crippen molar-refractivity contribution in [3.8, 4) is 17.2 Å². The van der Waals surface area contributed by atoms with Crippen LogP contribution >= 0.6 is 0 Å². The molecule has 0 fully saturated rings. The first-order valence-electron chi connectivity index (χ1n) is 10.6. The van der Waals surface area contributed by atoms with E-state index in [0.717, 1.165) is 0 Å². The molecule has 0 spiro atoms. The monoisotopic (exact) mass is 441 g/mol. The lowest BCUT2D eigenvalue weighted by Crippen LogP contribution is -2.16. The number of benzene rings is 2. The predicted molar refractivity (Wildman–Crippen MR) is 120 cm³/mol. The van der Waals surface area contributed by atoms with E-state index in [1.165, 1.54) is 0 Å². The van der Waals surface area contributed by atoms with Crippen LogP contribution in [0.2, 0.25) is 0 Å². The molecule has 0 aliphatic heterocycles. The molecule has 0 aliphatic rings. The number of anilines is 1. The Morgan fingerprint density at radius 2 is 1.50 bits per heavy atom. The topological polar surface area (TPSA) is 96.2 Å². The smallest absolute Gasteiger partial charge is 0.376 e. The Morgan fingerprint density at radius 3 is 2.09 bits per heavy atom. The van der Waals surface area contributed by atoms with Gasteiger partial charge in [0, 0.05) is 10.9 Å². The van der Waals surface area contributed by atoms with Gasteiger partial charge in [-0.15, -0.1) is 0 Å². The molecule has 32 heavy (non-hydrogen) atoms. The normalized spacial score (nSPS) is 10.6. The van der Waals surface area contributed by atoms with Crippen LogP contribution in [0.1, 0.15) is 48.6 Å². The van der Waals surface area contributed by atoms with Crippen LogP contribution in [0.25, 0.3) is 11.0 Å². The third kappa shape index (κ3) is 4.80. The second kappa shape index (κ2) is 10.6. The van der Waals surface area contributed by atoms with Crippen molar-refractivity contribution in [3.05, 3.63) is 47.7 Å². The van der Waals surface area contributed by atoms with Gasteiger partial charge in [0.2, 0.25) is 11.5 Å². The maximum Gasteiger partial charge on any atom is 0.376 e. The van der Waals surface area contributed by atoms with E-state index in [2.05, 4.69) is 5.32 Å². The maximum atomic E-state index is 13.2. The molecule has 0 saturated heterocycles. The van der Waals surface area contributed by atoms with Crippen molar-refractivity contribution in [2.45, 2.75) is 27.7 Å². The number of nitrogens with one attached hydrogen (secondary N) is 1. The summed E-state index contributed by atoms with van der Waals surface area (Å²) >= 11 is 0. The van der Waals surface area contributed by atoms with E-state index in [0.29, 0.717) is 48.0 Å². The van der Waals surface area contributed by atoms with Gasteiger partial charge in [-0.2, -0.15) is 0 Å². The quantitative estimate of drug-likeness (QED) is 0.439. The summed E-state index contributed by atoms with van der Waals surface area (Å²) in [7, 11) is 0. The van der Waals surface area contributed by atoms with Gasteiger partial charge in [-0.1, -0.05) is 12.1 Å². The van der Waals surface area contributed by atoms with Crippen LogP contribution in [0.4, 0.5) is 5.69 Å². The summed E-state index contributed by atoms with van der Waals surface area (Å²) < 4.78 is 27.8. The van der Waals surface area contributed by atoms with Crippen LogP contribution in [0.5, 0.6) is 17.2 Å². The highest BCUT2D eigenvalue weighted by atomic mass is 16.5. The van der Waals surface area contributed by atoms with Crippen molar-refractivity contribution in [1.82, 2.24) is 0 Å². The van der Waals surface area contributed by atoms with Gasteiger partial charge >= 0.3 is 5.97 Å². The molecule has 3 rings (SSSR count). The first-order valence-corrected chi connectivity index (χ1v) is 10.6. The predicted octanol–water partition coefficient (Wildman–Crippen LogP) is 5.06. The van der Waals surface area contributed by atoms with Gasteiger partial charge in [0.25, 0.3) is 5.91 Å². The highest BCUT2D eigenvalue weighted by molar-refractivity contribution is 6.13. The van der Waals surface area contributed by atoms with Crippen LogP contribution in [-0.2, 0) is 4.74 Å². The first-order chi connectivity index (χ1) is 15.5. The van der Waals surface area contributed by atoms with E-state index in [-0.39, 0.29) is 23.6 Å². The third-order valence-corrected chi connectivity index (χ3v) is 4.47. The zero-order chi connectivity index (χ0) is 23.1. The number of carbonyl (C=O) groups excluding carboxylic acids is 2. The Hall–Kier alpha value is -3.68. The molecule has 0 atom stereocenters. The summed E-state index contributed by atoms with van der Waals surface area (Å²) in [6.07, 6.45) is 0. The van der Waals surface area contributed by atoms with Gasteiger partial charge in [0.15, 0.2) is 11.5 Å². The molecule has 2 aromatic carbocycles. The van der Waals surface area contributed by atoms with Crippen molar-refractivity contribution < 1.29 is 33.0 Å². The maximum absolute atomic E-state index is 13.2. The zero-order valence-corrected chi connectivity index (χ0v) is 18.7. The fourth-order valence-corrected chi connectivity index (χ4v) is 3.22. The number of amides is 1. The fourth-order valence-electron chi connectivity index (χ4n) is 3.22. The fraction of sp³-hybridized carbons (Fsp3) is 0.333. The molecule has 0 bridgehead atoms. The summed E-state index contributed by atoms with van der Waals surface area (Å²) in [6.45, 7) is 8.59. The molecule has 8 nitrogen and oxygen atoms in total. The third-order valence-electron chi connectivity index (χ3n) is 4.47. The minimum Gasteiger partial charge on any atom is -0.490 e. The van der Waals surface area contributed by atoms with Crippen LogP contribution in [0, 0.1) is 0 Å². The molecule has 1 N–H and O–H groups in total. The second-order valence-electron chi connectivity index (χ2n) is 6.58. The average Bonchev–Trinajstić information content (AvgIpc) is 3.15. The molecule has 170 valence electrons. The molecular formula is C24H27NO7. The highest BCUT2D eigenvalue weighted by Crippen LogP contribution is 2.40. The Kier molecular flexibility index (Phi) is 7.59. The van der Waals surface area contributed by atoms with Gasteiger partial charge in [0.05, 0.1) is 26.4 Å². The molecule has 1 aromatic heterocycles. The van der Waals surface area contributed by atoms with Gasteiger partial charge in [0.1, 0.15) is 11.3 Å². The van der Waals surface area contributed by atoms with Gasteiger partial charge < -0.3 is 28.7 Å². The zero-order valence-electron chi connectivity index (χ0n) is 18.7. The summed E-state index contributed by atoms with van der Waals surface area (Å²) in [4.78, 5) is 25.6. The van der Waals surface area contributed by atoms with Gasteiger partial charge in [-0.05, 0) is 52.0 Å². The number of fused-ring (bicyclic) bond motifs is 1. The molecule has 1 heterocycles. The number of hydrogen-bond donors (Lipinski definition) is 1. The van der Waals surface area contributed by atoms with E-state index >= 15 is 0 Å². The number of esters is 1. The second-order valence-corrected chi connectivity index (χ2v) is 6.58. The summed E-state index contributed by atoms with van der Waals surface area (Å²) in [5, 5.41) is 3.38. The molecule has 0 radical (unpaired) electrons. The Bertz CT molecular complexity index is 1080. The van der Waals surface area contributed by atoms with E-state index in [4.69, 9.17) is 23.4 Å². The van der Waals surface area contributed by atoms with E-state index in [9.17, 15) is 9.59 Å². The first kappa shape index (κ1) is 23.0. The molecule has 0 unspecified atom stereocenters. The minimum atomic E-state index is -0.657. The summed E-state index contributed by atoms with van der Waals surface area (Å²) in [6, 6.07) is 10.2. The van der Waals surface area contributed by atoms with E-state index < -0.39 is 11.9 Å². The van der Waals surface area contributed by atoms with Crippen LogP contribution in [-0.4, -0.2) is 38.3 Å². The summed E-state index contributed by atoms with van der Waals surface area (Å²) in [5.74, 6) is 0.0418. The SMILES string of the molecule is CCOC(=O)c1oc2ccccc2c1NC(=O)c1cc(OCC)c(OCC)c(OCC)c1. The number of ether oxygens (including phenoxy) is 4. The number of rotatable bonds is 10. The van der Waals surface area contributed by atoms with Crippen LogP contribution in [0.3, 0.4) is 0 Å². The van der Waals surface area contributed by atoms with Crippen LogP contribution in [0.15, 0.2) is 40.8 Å². The van der Waals surface area contributed by atoms with Crippen LogP contribution < -0.4 is 19.5 Å². The van der Waals surface area contributed by atoms with Crippen molar-refractivity contribution in [2.24, 2.45) is 0 Å². The Morgan fingerprint density at radius 1 is 0.875 bits per heavy atom. The Labute approximate surface area is 186 Å². The van der Waals surface area contributed by atoms with Crippen molar-refractivity contribution in [1.29, 1.82) is 0 Å². The number of para-hydroxylation sites is 1. The van der Waals surface area contributed by atoms with E-state index in [1.54, 1.807) is 43.3 Å². The molecule has 0 aliphatic carbocycles. The largest absolute Gasteiger partial charge is 0.490 e. The van der Waals surface area contributed by atoms with Gasteiger partial charge in [-0.25, -0.2) is 4.79 Å². The number of hydrogen-bond acceptors (Lipinski definition) is 7. The lowest BCUT2D eigenvalue weighted by atomic mass is 10.1. The molecule has 8 heteroatoms. The van der Waals surface area contributed by atoms with Crippen molar-refractivity contribution in [2.75, 3.05) is 31.7 Å². The van der Waals surface area contributed by atoms with Crippen molar-refractivity contribution in [3.63, 3.8) is 0 Å². The number of carbonyl (C=O) groups is 2. The lowest BCUT2D eigenvalue weighted by molar-refractivity contribution is 0.0494. The molecule has 0 saturated carbocycles. The molecule has 1 amide bonds. The standard InChI is InChI=1S/C24H27NO7/c1-5-28-18-13-15(14-19(29-6-2)21(18)30-7-3)23(26)25-20-16-11-9-10-12-17(16)32-22(20)24(27)31-8-4/h9-14H,5-8H2,1-4H3,(H,25,26). The van der Waals surface area contributed by atoms with Gasteiger partial charge in [-0.3, -0.25) is 4.79 Å². The molecular weight excluding hydrogens is 414 g/mol. The minimum absolute atomic E-state index is 0.0672. The van der Waals surface area contributed by atoms with Crippen molar-refractivity contribution >= 4 is 28.5 Å². The average molecular weight is 441 g/mol. The number of furan rings is 1.